The third kappa shape index (κ3) is 4.88. The summed E-state index contributed by atoms with van der Waals surface area (Å²) in [5.41, 5.74) is 5.41. The highest BCUT2D eigenvalue weighted by Crippen LogP contribution is 2.29. The van der Waals surface area contributed by atoms with Crippen molar-refractivity contribution in [1.29, 1.82) is 0 Å². The number of rotatable bonds is 6. The van der Waals surface area contributed by atoms with Gasteiger partial charge in [-0.3, -0.25) is 19.9 Å². The second kappa shape index (κ2) is 9.41. The number of carbonyl (C=O) groups excluding carboxylic acids is 2. The van der Waals surface area contributed by atoms with Crippen molar-refractivity contribution in [3.63, 3.8) is 0 Å². The van der Waals surface area contributed by atoms with E-state index in [4.69, 9.17) is 0 Å². The highest BCUT2D eigenvalue weighted by Gasteiger charge is 2.25. The summed E-state index contributed by atoms with van der Waals surface area (Å²) >= 11 is 0.884. The zero-order chi connectivity index (χ0) is 22.6. The van der Waals surface area contributed by atoms with Gasteiger partial charge in [0.25, 0.3) is 11.1 Å². The first-order valence-corrected chi connectivity index (χ1v) is 11.5. The average Bonchev–Trinajstić information content (AvgIpc) is 3.16. The van der Waals surface area contributed by atoms with Crippen molar-refractivity contribution in [3.05, 3.63) is 82.3 Å². The number of carbonyl (C=O) groups is 2. The first-order valence-electron chi connectivity index (χ1n) is 10.7. The molecule has 2 aromatic heterocycles. The van der Waals surface area contributed by atoms with E-state index in [2.05, 4.69) is 48.7 Å². The lowest BCUT2D eigenvalue weighted by Crippen LogP contribution is -2.32. The zero-order valence-corrected chi connectivity index (χ0v) is 18.6. The number of hydrogen-bond donors (Lipinski definition) is 2. The molecule has 8 nitrogen and oxygen atoms in total. The van der Waals surface area contributed by atoms with Crippen molar-refractivity contribution in [3.8, 4) is 0 Å². The number of nitrogens with zero attached hydrogens (tertiary/aromatic N) is 4. The molecular weight excluding hydrogens is 436 g/mol. The number of nitrogens with one attached hydrogen (secondary N) is 2. The van der Waals surface area contributed by atoms with E-state index in [9.17, 15) is 9.59 Å². The summed E-state index contributed by atoms with van der Waals surface area (Å²) in [6.07, 6.45) is 6.87. The summed E-state index contributed by atoms with van der Waals surface area (Å²) in [5, 5.41) is 5.46. The highest BCUT2D eigenvalue weighted by atomic mass is 32.2. The quantitative estimate of drug-likeness (QED) is 0.542. The summed E-state index contributed by atoms with van der Waals surface area (Å²) in [6.45, 7) is 2.32. The molecule has 1 fully saturated rings. The van der Waals surface area contributed by atoms with Gasteiger partial charge in [-0.15, -0.1) is 0 Å². The van der Waals surface area contributed by atoms with Crippen LogP contribution in [0.4, 0.5) is 16.4 Å². The fraction of sp³-hybridized carbons (Fsp3) is 0.208. The van der Waals surface area contributed by atoms with E-state index >= 15 is 0 Å². The molecule has 3 aromatic rings. The summed E-state index contributed by atoms with van der Waals surface area (Å²) in [6, 6.07) is 14.0. The van der Waals surface area contributed by atoms with E-state index in [0.29, 0.717) is 23.1 Å². The Morgan fingerprint density at radius 1 is 1.09 bits per heavy atom. The summed E-state index contributed by atoms with van der Waals surface area (Å²) in [4.78, 5) is 39.1. The van der Waals surface area contributed by atoms with Crippen LogP contribution in [-0.4, -0.2) is 39.2 Å². The Balaban J connectivity index is 1.28. The lowest BCUT2D eigenvalue weighted by molar-refractivity contribution is -0.115. The summed E-state index contributed by atoms with van der Waals surface area (Å²) < 4.78 is 0. The molecule has 0 bridgehead atoms. The Hall–Kier alpha value is -3.72. The number of benzene rings is 1. The molecule has 1 saturated heterocycles. The lowest BCUT2D eigenvalue weighted by atomic mass is 9.98. The Labute approximate surface area is 195 Å². The molecule has 2 aliphatic heterocycles. The first-order chi connectivity index (χ1) is 16.2. The molecule has 9 heteroatoms. The molecule has 1 aromatic carbocycles. The van der Waals surface area contributed by atoms with Crippen LogP contribution < -0.4 is 15.5 Å². The van der Waals surface area contributed by atoms with Crippen molar-refractivity contribution >= 4 is 40.6 Å². The van der Waals surface area contributed by atoms with Gasteiger partial charge < -0.3 is 10.2 Å². The molecule has 0 atom stereocenters. The van der Waals surface area contributed by atoms with Crippen LogP contribution in [0.5, 0.6) is 0 Å². The van der Waals surface area contributed by atoms with Gasteiger partial charge in [0.15, 0.2) is 0 Å². The monoisotopic (exact) mass is 458 g/mol. The first kappa shape index (κ1) is 21.1. The zero-order valence-electron chi connectivity index (χ0n) is 17.8. The van der Waals surface area contributed by atoms with E-state index in [1.165, 1.54) is 11.1 Å². The molecule has 2 N–H and O–H groups in total. The van der Waals surface area contributed by atoms with Gasteiger partial charge >= 0.3 is 0 Å². The maximum absolute atomic E-state index is 11.8. The summed E-state index contributed by atoms with van der Waals surface area (Å²) in [7, 11) is 0. The maximum Gasteiger partial charge on any atom is 0.290 e. The molecule has 0 spiro atoms. The summed E-state index contributed by atoms with van der Waals surface area (Å²) in [5.74, 6) is 0.221. The third-order valence-electron chi connectivity index (χ3n) is 5.56. The van der Waals surface area contributed by atoms with Crippen molar-refractivity contribution in [2.75, 3.05) is 23.3 Å². The standard InChI is InChI=1S/C24H22N6O2S/c31-22-21(33-24(32)29-22)14-18-8-12-27-23(28-18)30-13-9-19-16(15-30)4-3-6-20(19)26-11-7-17-5-1-2-10-25-17/h1-6,8,10,12,14,26H,7,9,11,13,15H2,(H,29,31,32)/b21-14+. The molecule has 4 heterocycles. The van der Waals surface area contributed by atoms with Crippen molar-refractivity contribution < 1.29 is 9.59 Å². The smallest absolute Gasteiger partial charge is 0.290 e. The van der Waals surface area contributed by atoms with Gasteiger partial charge in [0.2, 0.25) is 5.95 Å². The van der Waals surface area contributed by atoms with Gasteiger partial charge in [0.1, 0.15) is 0 Å². The SMILES string of the molecule is O=C1NC(=O)/C(=C\c2ccnc(N3CCc4c(cccc4NCCc4ccccn4)C3)n2)S1. The van der Waals surface area contributed by atoms with Crippen LogP contribution in [0.2, 0.25) is 0 Å². The number of imide groups is 1. The van der Waals surface area contributed by atoms with Gasteiger partial charge in [-0.05, 0) is 59.7 Å². The van der Waals surface area contributed by atoms with Gasteiger partial charge in [-0.1, -0.05) is 18.2 Å². The Morgan fingerprint density at radius 3 is 2.85 bits per heavy atom. The second-order valence-electron chi connectivity index (χ2n) is 7.75. The number of amides is 2. The van der Waals surface area contributed by atoms with Crippen LogP contribution in [-0.2, 0) is 24.2 Å². The number of aromatic nitrogens is 3. The van der Waals surface area contributed by atoms with Crippen LogP contribution in [0.1, 0.15) is 22.5 Å². The van der Waals surface area contributed by atoms with Crippen LogP contribution in [0.3, 0.4) is 0 Å². The molecule has 166 valence electrons. The molecule has 0 saturated carbocycles. The predicted octanol–water partition coefficient (Wildman–Crippen LogP) is 3.41. The fourth-order valence-electron chi connectivity index (χ4n) is 3.97. The van der Waals surface area contributed by atoms with Gasteiger partial charge in [0, 0.05) is 49.8 Å². The molecule has 33 heavy (non-hydrogen) atoms. The van der Waals surface area contributed by atoms with Gasteiger partial charge in [-0.25, -0.2) is 9.97 Å². The van der Waals surface area contributed by atoms with E-state index in [-0.39, 0.29) is 11.1 Å². The molecule has 2 aliphatic rings. The second-order valence-corrected chi connectivity index (χ2v) is 8.76. The normalized spacial score (nSPS) is 16.6. The molecular formula is C24H22N6O2S. The topological polar surface area (TPSA) is 100 Å². The number of thioether (sulfide) groups is 1. The largest absolute Gasteiger partial charge is 0.384 e. The van der Waals surface area contributed by atoms with Crippen molar-refractivity contribution in [1.82, 2.24) is 20.3 Å². The molecule has 5 rings (SSSR count). The highest BCUT2D eigenvalue weighted by molar-refractivity contribution is 8.18. The van der Waals surface area contributed by atoms with E-state index in [1.54, 1.807) is 18.3 Å². The predicted molar refractivity (Wildman–Crippen MR) is 129 cm³/mol. The van der Waals surface area contributed by atoms with Gasteiger partial charge in [-0.2, -0.15) is 0 Å². The van der Waals surface area contributed by atoms with Crippen molar-refractivity contribution in [2.45, 2.75) is 19.4 Å². The Kier molecular flexibility index (Phi) is 6.03. The van der Waals surface area contributed by atoms with E-state index in [0.717, 1.165) is 49.1 Å². The number of pyridine rings is 1. The number of fused-ring (bicyclic) bond motifs is 1. The minimum absolute atomic E-state index is 0.343. The Bertz CT molecular complexity index is 1230. The minimum atomic E-state index is -0.389. The van der Waals surface area contributed by atoms with Crippen LogP contribution >= 0.6 is 11.8 Å². The third-order valence-corrected chi connectivity index (χ3v) is 6.37. The molecule has 0 unspecified atom stereocenters. The fourth-order valence-corrected chi connectivity index (χ4v) is 4.63. The lowest BCUT2D eigenvalue weighted by Gasteiger charge is -2.30. The van der Waals surface area contributed by atoms with E-state index < -0.39 is 0 Å². The minimum Gasteiger partial charge on any atom is -0.384 e. The molecule has 0 aliphatic carbocycles. The number of anilines is 2. The average molecular weight is 459 g/mol. The van der Waals surface area contributed by atoms with E-state index in [1.807, 2.05) is 24.4 Å². The van der Waals surface area contributed by atoms with Crippen LogP contribution in [0.15, 0.2) is 59.8 Å². The van der Waals surface area contributed by atoms with Crippen LogP contribution in [0, 0.1) is 0 Å². The number of hydrogen-bond acceptors (Lipinski definition) is 8. The Morgan fingerprint density at radius 2 is 2.03 bits per heavy atom. The van der Waals surface area contributed by atoms with Gasteiger partial charge in [0.05, 0.1) is 10.6 Å². The van der Waals surface area contributed by atoms with Crippen LogP contribution in [0.25, 0.3) is 6.08 Å². The maximum atomic E-state index is 11.8. The molecule has 2 amide bonds. The van der Waals surface area contributed by atoms with Crippen molar-refractivity contribution in [2.24, 2.45) is 0 Å². The molecule has 0 radical (unpaired) electrons.